The van der Waals surface area contributed by atoms with E-state index in [1.54, 1.807) is 33.3 Å². The summed E-state index contributed by atoms with van der Waals surface area (Å²) in [6.07, 6.45) is 4.45. The number of fused-ring (bicyclic) bond motifs is 1. The number of furan rings is 1. The van der Waals surface area contributed by atoms with Crippen LogP contribution in [0.1, 0.15) is 40.9 Å². The highest BCUT2D eigenvalue weighted by Crippen LogP contribution is 2.38. The molecule has 0 fully saturated rings. The molecule has 1 N–H and O–H groups in total. The second-order valence-corrected chi connectivity index (χ2v) is 8.26. The summed E-state index contributed by atoms with van der Waals surface area (Å²) in [4.78, 5) is 25.9. The molecule has 1 aromatic heterocycles. The number of esters is 1. The molecule has 0 radical (unpaired) electrons. The Morgan fingerprint density at radius 3 is 2.56 bits per heavy atom. The normalized spacial score (nSPS) is 18.0. The number of benzene rings is 2. The fraction of sp³-hybridized carbons (Fsp3) is 0.333. The van der Waals surface area contributed by atoms with Gasteiger partial charge >= 0.3 is 5.97 Å². The molecule has 0 aliphatic heterocycles. The van der Waals surface area contributed by atoms with Crippen LogP contribution in [0.5, 0.6) is 11.5 Å². The third-order valence-corrected chi connectivity index (χ3v) is 6.22. The van der Waals surface area contributed by atoms with Gasteiger partial charge in [0, 0.05) is 17.0 Å². The first kappa shape index (κ1) is 23.4. The van der Waals surface area contributed by atoms with Gasteiger partial charge in [0.25, 0.3) is 5.91 Å². The highest BCUT2D eigenvalue weighted by molar-refractivity contribution is 5.99. The van der Waals surface area contributed by atoms with E-state index in [1.807, 2.05) is 49.4 Å². The van der Waals surface area contributed by atoms with Crippen molar-refractivity contribution < 1.29 is 28.2 Å². The molecule has 3 aromatic rings. The lowest BCUT2D eigenvalue weighted by Crippen LogP contribution is -2.34. The minimum absolute atomic E-state index is 0.153. The van der Waals surface area contributed by atoms with Crippen LogP contribution in [0.3, 0.4) is 0 Å². The maximum Gasteiger partial charge on any atom is 0.314 e. The highest BCUT2D eigenvalue weighted by atomic mass is 16.5. The number of aryl methyl sites for hydroxylation is 1. The molecule has 7 heteroatoms. The van der Waals surface area contributed by atoms with Crippen LogP contribution < -0.4 is 14.8 Å². The van der Waals surface area contributed by atoms with Crippen LogP contribution in [0.4, 0.5) is 0 Å². The lowest BCUT2D eigenvalue weighted by molar-refractivity contribution is -0.146. The SMILES string of the molecule is CCOC(=O)[C@H](c1ccc(OC)c(OC)c1)[C@H]1C=C[C@@H](NC(=O)c2oc3ccccc3c2C)C1. The molecule has 1 aliphatic rings. The lowest BCUT2D eigenvalue weighted by atomic mass is 9.85. The number of para-hydroxylation sites is 1. The van der Waals surface area contributed by atoms with E-state index >= 15 is 0 Å². The molecule has 0 saturated heterocycles. The number of nitrogens with one attached hydrogen (secondary N) is 1. The number of carbonyl (C=O) groups excluding carboxylic acids is 2. The van der Waals surface area contributed by atoms with Gasteiger partial charge in [0.05, 0.1) is 26.7 Å². The predicted molar refractivity (Wildman–Crippen MR) is 128 cm³/mol. The van der Waals surface area contributed by atoms with E-state index in [2.05, 4.69) is 5.32 Å². The van der Waals surface area contributed by atoms with E-state index in [0.717, 1.165) is 16.5 Å². The second kappa shape index (κ2) is 10.0. The summed E-state index contributed by atoms with van der Waals surface area (Å²) in [5.74, 6) is 0.154. The van der Waals surface area contributed by atoms with E-state index in [0.29, 0.717) is 29.3 Å². The highest BCUT2D eigenvalue weighted by Gasteiger charge is 2.35. The molecule has 0 bridgehead atoms. The lowest BCUT2D eigenvalue weighted by Gasteiger charge is -2.23. The molecule has 4 rings (SSSR count). The maximum absolute atomic E-state index is 13.0. The van der Waals surface area contributed by atoms with Crippen molar-refractivity contribution in [3.8, 4) is 11.5 Å². The van der Waals surface area contributed by atoms with Crippen LogP contribution in [-0.4, -0.2) is 38.7 Å². The second-order valence-electron chi connectivity index (χ2n) is 8.26. The van der Waals surface area contributed by atoms with Gasteiger partial charge in [0.2, 0.25) is 0 Å². The van der Waals surface area contributed by atoms with E-state index in [-0.39, 0.29) is 30.4 Å². The minimum atomic E-state index is -0.536. The van der Waals surface area contributed by atoms with Gasteiger partial charge < -0.3 is 23.9 Å². The summed E-state index contributed by atoms with van der Waals surface area (Å²) in [7, 11) is 3.12. The fourth-order valence-corrected chi connectivity index (χ4v) is 4.54. The molecule has 1 aliphatic carbocycles. The van der Waals surface area contributed by atoms with Crippen LogP contribution in [0.25, 0.3) is 11.0 Å². The van der Waals surface area contributed by atoms with Gasteiger partial charge in [-0.3, -0.25) is 9.59 Å². The third kappa shape index (κ3) is 4.51. The predicted octanol–water partition coefficient (Wildman–Crippen LogP) is 4.78. The molecular weight excluding hydrogens is 434 g/mol. The molecule has 0 unspecified atom stereocenters. The van der Waals surface area contributed by atoms with Crippen molar-refractivity contribution in [3.05, 3.63) is 71.5 Å². The molecule has 34 heavy (non-hydrogen) atoms. The smallest absolute Gasteiger partial charge is 0.314 e. The summed E-state index contributed by atoms with van der Waals surface area (Å²) < 4.78 is 21.9. The molecule has 0 saturated carbocycles. The van der Waals surface area contributed by atoms with E-state index in [4.69, 9.17) is 18.6 Å². The number of ether oxygens (including phenoxy) is 3. The first-order valence-electron chi connectivity index (χ1n) is 11.3. The minimum Gasteiger partial charge on any atom is -0.493 e. The summed E-state index contributed by atoms with van der Waals surface area (Å²) in [6.45, 7) is 3.94. The van der Waals surface area contributed by atoms with Crippen molar-refractivity contribution in [1.82, 2.24) is 5.32 Å². The van der Waals surface area contributed by atoms with Crippen LogP contribution in [0, 0.1) is 12.8 Å². The summed E-state index contributed by atoms with van der Waals surface area (Å²) in [5, 5.41) is 3.95. The van der Waals surface area contributed by atoms with Gasteiger partial charge in [-0.05, 0) is 49.9 Å². The summed E-state index contributed by atoms with van der Waals surface area (Å²) in [6, 6.07) is 12.8. The Morgan fingerprint density at radius 2 is 1.85 bits per heavy atom. The molecule has 7 nitrogen and oxygen atoms in total. The van der Waals surface area contributed by atoms with Crippen LogP contribution in [0.2, 0.25) is 0 Å². The van der Waals surface area contributed by atoms with Crippen molar-refractivity contribution in [2.24, 2.45) is 5.92 Å². The Kier molecular flexibility index (Phi) is 6.91. The fourth-order valence-electron chi connectivity index (χ4n) is 4.54. The largest absolute Gasteiger partial charge is 0.493 e. The number of hydrogen-bond acceptors (Lipinski definition) is 6. The average Bonchev–Trinajstić information content (AvgIpc) is 3.43. The van der Waals surface area contributed by atoms with Crippen LogP contribution in [-0.2, 0) is 9.53 Å². The number of amides is 1. The van der Waals surface area contributed by atoms with Crippen molar-refractivity contribution >= 4 is 22.8 Å². The molecular formula is C27H29NO6. The molecule has 0 spiro atoms. The topological polar surface area (TPSA) is 87.0 Å². The number of carbonyl (C=O) groups is 2. The molecule has 178 valence electrons. The third-order valence-electron chi connectivity index (χ3n) is 6.22. The maximum atomic E-state index is 13.0. The number of methoxy groups -OCH3 is 2. The van der Waals surface area contributed by atoms with Gasteiger partial charge in [-0.1, -0.05) is 36.4 Å². The van der Waals surface area contributed by atoms with Crippen molar-refractivity contribution in [3.63, 3.8) is 0 Å². The Hall–Kier alpha value is -3.74. The van der Waals surface area contributed by atoms with E-state index in [1.165, 1.54) is 0 Å². The zero-order valence-electron chi connectivity index (χ0n) is 19.8. The Labute approximate surface area is 198 Å². The van der Waals surface area contributed by atoms with Crippen molar-refractivity contribution in [2.75, 3.05) is 20.8 Å². The van der Waals surface area contributed by atoms with Gasteiger partial charge in [0.1, 0.15) is 5.58 Å². The monoisotopic (exact) mass is 463 g/mol. The van der Waals surface area contributed by atoms with E-state index < -0.39 is 5.92 Å². The quantitative estimate of drug-likeness (QED) is 0.382. The summed E-state index contributed by atoms with van der Waals surface area (Å²) >= 11 is 0. The molecule has 1 heterocycles. The molecule has 3 atom stereocenters. The van der Waals surface area contributed by atoms with Crippen LogP contribution >= 0.6 is 0 Å². The standard InChI is InChI=1S/C27H29NO6/c1-5-33-27(30)24(18-11-13-22(31-3)23(15-18)32-4)17-10-12-19(14-17)28-26(29)25-16(2)20-8-6-7-9-21(20)34-25/h6-13,15,17,19,24H,5,14H2,1-4H3,(H,28,29)/t17-,19+,24-/m0/s1. The Balaban J connectivity index is 1.53. The van der Waals surface area contributed by atoms with Gasteiger partial charge in [-0.2, -0.15) is 0 Å². The molecule has 1 amide bonds. The zero-order valence-corrected chi connectivity index (χ0v) is 19.8. The first-order chi connectivity index (χ1) is 16.5. The van der Waals surface area contributed by atoms with Crippen molar-refractivity contribution in [1.29, 1.82) is 0 Å². The Bertz CT molecular complexity index is 1230. The molecule has 2 aromatic carbocycles. The number of allylic oxidation sites excluding steroid dienone is 1. The van der Waals surface area contributed by atoms with Gasteiger partial charge in [0.15, 0.2) is 17.3 Å². The zero-order chi connectivity index (χ0) is 24.2. The Morgan fingerprint density at radius 1 is 1.09 bits per heavy atom. The first-order valence-corrected chi connectivity index (χ1v) is 11.3. The van der Waals surface area contributed by atoms with Crippen molar-refractivity contribution in [2.45, 2.75) is 32.2 Å². The van der Waals surface area contributed by atoms with Gasteiger partial charge in [-0.15, -0.1) is 0 Å². The summed E-state index contributed by atoms with van der Waals surface area (Å²) in [5.41, 5.74) is 2.26. The van der Waals surface area contributed by atoms with Crippen LogP contribution in [0.15, 0.2) is 59.0 Å². The van der Waals surface area contributed by atoms with E-state index in [9.17, 15) is 9.59 Å². The van der Waals surface area contributed by atoms with Gasteiger partial charge in [-0.25, -0.2) is 0 Å². The number of rotatable bonds is 8. The number of hydrogen-bond donors (Lipinski definition) is 1. The average molecular weight is 464 g/mol.